The first-order chi connectivity index (χ1) is 11.0. The normalized spacial score (nSPS) is 11.1. The largest absolute Gasteiger partial charge is 0.289 e. The van der Waals surface area contributed by atoms with Gasteiger partial charge in [0.1, 0.15) is 0 Å². The summed E-state index contributed by atoms with van der Waals surface area (Å²) in [5, 5.41) is 0.919. The van der Waals surface area contributed by atoms with Crippen LogP contribution in [-0.2, 0) is 6.42 Å². The maximum atomic E-state index is 12.3. The Morgan fingerprint density at radius 3 is 2.22 bits per heavy atom. The second-order valence-corrected chi connectivity index (χ2v) is 6.54. The van der Waals surface area contributed by atoms with Crippen molar-refractivity contribution in [3.05, 3.63) is 74.2 Å². The van der Waals surface area contributed by atoms with Gasteiger partial charge in [-0.25, -0.2) is 0 Å². The summed E-state index contributed by atoms with van der Waals surface area (Å²) in [6.45, 7) is 2.18. The molecule has 0 aliphatic heterocycles. The van der Waals surface area contributed by atoms with E-state index in [1.165, 1.54) is 36.6 Å². The van der Waals surface area contributed by atoms with Gasteiger partial charge in [-0.1, -0.05) is 78.5 Å². The van der Waals surface area contributed by atoms with Crippen molar-refractivity contribution in [2.45, 2.75) is 26.2 Å². The molecule has 0 amide bonds. The summed E-state index contributed by atoms with van der Waals surface area (Å²) in [6.07, 6.45) is 6.67. The number of carbonyl (C=O) groups is 1. The maximum Gasteiger partial charge on any atom is 0.188 e. The molecule has 1 nitrogen and oxygen atoms in total. The zero-order valence-corrected chi connectivity index (χ0v) is 15.1. The lowest BCUT2D eigenvalue weighted by atomic mass is 10.1. The highest BCUT2D eigenvalue weighted by atomic mass is 35.5. The van der Waals surface area contributed by atoms with Gasteiger partial charge in [-0.2, -0.15) is 0 Å². The molecule has 120 valence electrons. The smallest absolute Gasteiger partial charge is 0.188 e. The van der Waals surface area contributed by atoms with Crippen LogP contribution in [0.5, 0.6) is 0 Å². The third-order valence-corrected chi connectivity index (χ3v) is 4.29. The van der Waals surface area contributed by atoms with Gasteiger partial charge in [-0.15, -0.1) is 0 Å². The van der Waals surface area contributed by atoms with E-state index in [9.17, 15) is 4.79 Å². The zero-order valence-electron chi connectivity index (χ0n) is 12.8. The molecular formula is C19H17Cl3O. The topological polar surface area (TPSA) is 17.1 Å². The first-order valence-electron chi connectivity index (χ1n) is 7.47. The predicted octanol–water partition coefficient (Wildman–Crippen LogP) is 6.89. The Morgan fingerprint density at radius 2 is 1.65 bits per heavy atom. The molecule has 0 saturated heterocycles. The van der Waals surface area contributed by atoms with Gasteiger partial charge in [-0.3, -0.25) is 4.79 Å². The molecule has 0 aliphatic carbocycles. The Labute approximate surface area is 151 Å². The number of unbranched alkanes of at least 4 members (excludes halogenated alkanes) is 1. The fourth-order valence-electron chi connectivity index (χ4n) is 2.21. The minimum atomic E-state index is -0.244. The van der Waals surface area contributed by atoms with Crippen LogP contribution in [0, 0.1) is 0 Å². The summed E-state index contributed by atoms with van der Waals surface area (Å²) in [5.41, 5.74) is 2.53. The van der Waals surface area contributed by atoms with Crippen molar-refractivity contribution < 1.29 is 4.79 Å². The first-order valence-corrected chi connectivity index (χ1v) is 8.60. The van der Waals surface area contributed by atoms with Crippen LogP contribution in [0.2, 0.25) is 15.1 Å². The molecule has 0 saturated carbocycles. The number of allylic oxidation sites excluding steroid dienone is 1. The summed E-state index contributed by atoms with van der Waals surface area (Å²) in [5.74, 6) is -0.244. The van der Waals surface area contributed by atoms with E-state index < -0.39 is 0 Å². The molecule has 0 spiro atoms. The minimum absolute atomic E-state index is 0.244. The van der Waals surface area contributed by atoms with E-state index in [1.54, 1.807) is 6.08 Å². The van der Waals surface area contributed by atoms with Gasteiger partial charge in [0.05, 0.1) is 15.6 Å². The fraction of sp³-hybridized carbons (Fsp3) is 0.211. The SMILES string of the molecule is CCCCc1ccc(C=CC(=O)c2c(Cl)cc(Cl)cc2Cl)cc1. The molecule has 0 heterocycles. The molecule has 0 aromatic heterocycles. The number of hydrogen-bond donors (Lipinski definition) is 0. The summed E-state index contributed by atoms with van der Waals surface area (Å²) < 4.78 is 0. The van der Waals surface area contributed by atoms with E-state index in [2.05, 4.69) is 19.1 Å². The van der Waals surface area contributed by atoms with Crippen LogP contribution in [0.3, 0.4) is 0 Å². The maximum absolute atomic E-state index is 12.3. The van der Waals surface area contributed by atoms with E-state index in [-0.39, 0.29) is 21.4 Å². The molecule has 2 aromatic carbocycles. The average molecular weight is 368 g/mol. The van der Waals surface area contributed by atoms with Crippen molar-refractivity contribution in [1.82, 2.24) is 0 Å². The molecule has 0 atom stereocenters. The molecule has 2 aromatic rings. The minimum Gasteiger partial charge on any atom is -0.289 e. The van der Waals surface area contributed by atoms with E-state index in [4.69, 9.17) is 34.8 Å². The third kappa shape index (κ3) is 5.10. The van der Waals surface area contributed by atoms with Gasteiger partial charge in [0.2, 0.25) is 0 Å². The molecule has 2 rings (SSSR count). The van der Waals surface area contributed by atoms with Crippen molar-refractivity contribution >= 4 is 46.7 Å². The van der Waals surface area contributed by atoms with E-state index in [0.717, 1.165) is 12.0 Å². The highest BCUT2D eigenvalue weighted by molar-refractivity contribution is 6.42. The lowest BCUT2D eigenvalue weighted by Gasteiger charge is -2.04. The monoisotopic (exact) mass is 366 g/mol. The van der Waals surface area contributed by atoms with Crippen molar-refractivity contribution in [3.63, 3.8) is 0 Å². The molecule has 0 N–H and O–H groups in total. The lowest BCUT2D eigenvalue weighted by molar-refractivity contribution is 0.104. The Balaban J connectivity index is 2.12. The van der Waals surface area contributed by atoms with Gasteiger partial charge < -0.3 is 0 Å². The van der Waals surface area contributed by atoms with Crippen LogP contribution < -0.4 is 0 Å². The van der Waals surface area contributed by atoms with Crippen LogP contribution in [0.15, 0.2) is 42.5 Å². The van der Waals surface area contributed by atoms with Gasteiger partial charge in [-0.05, 0) is 42.2 Å². The fourth-order valence-corrected chi connectivity index (χ4v) is 3.21. The molecule has 0 fully saturated rings. The van der Waals surface area contributed by atoms with Crippen molar-refractivity contribution in [3.8, 4) is 0 Å². The molecule has 0 unspecified atom stereocenters. The van der Waals surface area contributed by atoms with Crippen LogP contribution in [0.25, 0.3) is 6.08 Å². The second-order valence-electron chi connectivity index (χ2n) is 5.29. The van der Waals surface area contributed by atoms with Gasteiger partial charge >= 0.3 is 0 Å². The lowest BCUT2D eigenvalue weighted by Crippen LogP contribution is -1.97. The van der Waals surface area contributed by atoms with E-state index in [0.29, 0.717) is 5.02 Å². The molecule has 4 heteroatoms. The Kier molecular flexibility index (Phi) is 6.71. The van der Waals surface area contributed by atoms with Crippen molar-refractivity contribution in [2.75, 3.05) is 0 Å². The van der Waals surface area contributed by atoms with Gasteiger partial charge in [0.25, 0.3) is 0 Å². The first kappa shape index (κ1) is 18.1. The summed E-state index contributed by atoms with van der Waals surface area (Å²) in [6, 6.07) is 11.2. The van der Waals surface area contributed by atoms with E-state index >= 15 is 0 Å². The number of carbonyl (C=O) groups excluding carboxylic acids is 1. The number of benzene rings is 2. The number of rotatable bonds is 6. The van der Waals surface area contributed by atoms with Crippen molar-refractivity contribution in [2.24, 2.45) is 0 Å². The number of hydrogen-bond acceptors (Lipinski definition) is 1. The number of halogens is 3. The zero-order chi connectivity index (χ0) is 16.8. The Hall–Kier alpha value is -1.28. The second kappa shape index (κ2) is 8.54. The quantitative estimate of drug-likeness (QED) is 0.401. The van der Waals surface area contributed by atoms with Crippen LogP contribution in [0.4, 0.5) is 0 Å². The Bertz CT molecular complexity index is 695. The van der Waals surface area contributed by atoms with Crippen molar-refractivity contribution in [1.29, 1.82) is 0 Å². The Morgan fingerprint density at radius 1 is 1.04 bits per heavy atom. The molecule has 0 bridgehead atoms. The van der Waals surface area contributed by atoms with Crippen LogP contribution in [-0.4, -0.2) is 5.78 Å². The number of aryl methyl sites for hydroxylation is 1. The third-order valence-electron chi connectivity index (χ3n) is 3.48. The summed E-state index contributed by atoms with van der Waals surface area (Å²) >= 11 is 18.0. The molecule has 0 radical (unpaired) electrons. The highest BCUT2D eigenvalue weighted by Crippen LogP contribution is 2.29. The molecule has 23 heavy (non-hydrogen) atoms. The standard InChI is InChI=1S/C19H17Cl3O/c1-2-3-4-13-5-7-14(8-6-13)9-10-18(23)19-16(21)11-15(20)12-17(19)22/h5-12H,2-4H2,1H3. The number of ketones is 1. The summed E-state index contributed by atoms with van der Waals surface area (Å²) in [4.78, 5) is 12.3. The summed E-state index contributed by atoms with van der Waals surface area (Å²) in [7, 11) is 0. The van der Waals surface area contributed by atoms with Gasteiger partial charge in [0.15, 0.2) is 5.78 Å². The molecular weight excluding hydrogens is 351 g/mol. The average Bonchev–Trinajstić information content (AvgIpc) is 2.51. The van der Waals surface area contributed by atoms with Crippen LogP contribution >= 0.6 is 34.8 Å². The van der Waals surface area contributed by atoms with Gasteiger partial charge in [0, 0.05) is 5.02 Å². The molecule has 0 aliphatic rings. The van der Waals surface area contributed by atoms with E-state index in [1.807, 2.05) is 12.1 Å². The van der Waals surface area contributed by atoms with Crippen LogP contribution in [0.1, 0.15) is 41.3 Å². The predicted molar refractivity (Wildman–Crippen MR) is 99.9 cm³/mol. The highest BCUT2D eigenvalue weighted by Gasteiger charge is 2.13.